The first-order valence-electron chi connectivity index (χ1n) is 9.79. The molecular weight excluding hydrogens is 342 g/mol. The van der Waals surface area contributed by atoms with E-state index in [1.54, 1.807) is 0 Å². The number of aromatic amines is 1. The molecule has 4 N–H and O–H groups in total. The van der Waals surface area contributed by atoms with Crippen LogP contribution in [0.4, 0.5) is 4.79 Å². The Morgan fingerprint density at radius 3 is 2.70 bits per heavy atom. The van der Waals surface area contributed by atoms with E-state index in [9.17, 15) is 4.79 Å². The van der Waals surface area contributed by atoms with Crippen molar-refractivity contribution in [3.63, 3.8) is 0 Å². The van der Waals surface area contributed by atoms with Gasteiger partial charge in [0, 0.05) is 23.6 Å². The maximum atomic E-state index is 11.7. The second kappa shape index (κ2) is 10.2. The fraction of sp³-hybridized carbons (Fsp3) is 0.571. The van der Waals surface area contributed by atoms with Crippen molar-refractivity contribution in [2.24, 2.45) is 5.73 Å². The molecule has 2 rings (SSSR count). The molecule has 150 valence electrons. The fourth-order valence-corrected chi connectivity index (χ4v) is 2.86. The molecular formula is C21H33N3O3. The molecule has 27 heavy (non-hydrogen) atoms. The molecule has 0 aliphatic heterocycles. The van der Waals surface area contributed by atoms with E-state index in [4.69, 9.17) is 15.2 Å². The minimum Gasteiger partial charge on any atom is -0.494 e. The van der Waals surface area contributed by atoms with Crippen LogP contribution in [0.2, 0.25) is 0 Å². The van der Waals surface area contributed by atoms with Gasteiger partial charge in [0.05, 0.1) is 6.61 Å². The van der Waals surface area contributed by atoms with Gasteiger partial charge in [0.25, 0.3) is 0 Å². The molecule has 1 aromatic carbocycles. The van der Waals surface area contributed by atoms with E-state index in [0.29, 0.717) is 6.54 Å². The van der Waals surface area contributed by atoms with Crippen molar-refractivity contribution in [1.82, 2.24) is 10.3 Å². The lowest BCUT2D eigenvalue weighted by Gasteiger charge is -2.19. The number of amides is 1. The first-order chi connectivity index (χ1) is 12.9. The summed E-state index contributed by atoms with van der Waals surface area (Å²) >= 11 is 0. The number of fused-ring (bicyclic) bond motifs is 1. The van der Waals surface area contributed by atoms with Gasteiger partial charge < -0.3 is 25.5 Å². The highest BCUT2D eigenvalue weighted by molar-refractivity contribution is 5.84. The van der Waals surface area contributed by atoms with Gasteiger partial charge in [-0.25, -0.2) is 4.79 Å². The summed E-state index contributed by atoms with van der Waals surface area (Å²) in [5.41, 5.74) is 7.23. The van der Waals surface area contributed by atoms with Crippen LogP contribution in [0.15, 0.2) is 24.4 Å². The minimum absolute atomic E-state index is 0.388. The third-order valence-corrected chi connectivity index (χ3v) is 4.17. The van der Waals surface area contributed by atoms with Crippen molar-refractivity contribution in [3.05, 3.63) is 30.0 Å². The second-order valence-electron chi connectivity index (χ2n) is 7.75. The average Bonchev–Trinajstić information content (AvgIpc) is 2.99. The molecule has 6 heteroatoms. The van der Waals surface area contributed by atoms with Gasteiger partial charge in [-0.2, -0.15) is 0 Å². The third-order valence-electron chi connectivity index (χ3n) is 4.17. The minimum atomic E-state index is -0.485. The number of hydrogen-bond acceptors (Lipinski definition) is 4. The first-order valence-corrected chi connectivity index (χ1v) is 9.79. The molecule has 0 fully saturated rings. The van der Waals surface area contributed by atoms with Gasteiger partial charge in [-0.05, 0) is 70.3 Å². The number of nitrogens with two attached hydrogens (primary N) is 1. The molecule has 0 saturated carbocycles. The number of hydrogen-bond donors (Lipinski definition) is 3. The third kappa shape index (κ3) is 7.51. The topological polar surface area (TPSA) is 89.4 Å². The van der Waals surface area contributed by atoms with Gasteiger partial charge in [0.1, 0.15) is 11.4 Å². The normalized spacial score (nSPS) is 11.6. The SMILES string of the molecule is CC(C)(C)OC(=O)NCCc1c[nH]c2ccc(OCCCCCCN)cc12. The zero-order chi connectivity index (χ0) is 19.7. The molecule has 0 bridgehead atoms. The maximum absolute atomic E-state index is 11.7. The zero-order valence-electron chi connectivity index (χ0n) is 16.8. The quantitative estimate of drug-likeness (QED) is 0.545. The highest BCUT2D eigenvalue weighted by Gasteiger charge is 2.15. The molecule has 0 unspecified atom stereocenters. The van der Waals surface area contributed by atoms with E-state index in [2.05, 4.69) is 16.4 Å². The van der Waals surface area contributed by atoms with Crippen molar-refractivity contribution < 1.29 is 14.3 Å². The Morgan fingerprint density at radius 2 is 1.96 bits per heavy atom. The fourth-order valence-electron chi connectivity index (χ4n) is 2.86. The zero-order valence-corrected chi connectivity index (χ0v) is 16.8. The van der Waals surface area contributed by atoms with Crippen LogP contribution < -0.4 is 15.8 Å². The predicted molar refractivity (Wildman–Crippen MR) is 109 cm³/mol. The Hall–Kier alpha value is -2.21. The van der Waals surface area contributed by atoms with Crippen molar-refractivity contribution in [2.75, 3.05) is 19.7 Å². The van der Waals surface area contributed by atoms with Crippen LogP contribution in [0.25, 0.3) is 10.9 Å². The van der Waals surface area contributed by atoms with E-state index in [1.807, 2.05) is 39.1 Å². The van der Waals surface area contributed by atoms with Crippen LogP contribution >= 0.6 is 0 Å². The number of alkyl carbamates (subject to hydrolysis) is 1. The molecule has 1 amide bonds. The molecule has 1 heterocycles. The van der Waals surface area contributed by atoms with E-state index < -0.39 is 5.60 Å². The number of unbranched alkanes of at least 4 members (excludes halogenated alkanes) is 3. The van der Waals surface area contributed by atoms with E-state index in [0.717, 1.165) is 67.5 Å². The molecule has 0 saturated heterocycles. The summed E-state index contributed by atoms with van der Waals surface area (Å²) in [7, 11) is 0. The molecule has 1 aromatic heterocycles. The van der Waals surface area contributed by atoms with Crippen LogP contribution in [-0.4, -0.2) is 36.4 Å². The molecule has 0 radical (unpaired) electrons. The lowest BCUT2D eigenvalue weighted by Crippen LogP contribution is -2.33. The van der Waals surface area contributed by atoms with E-state index in [-0.39, 0.29) is 6.09 Å². The predicted octanol–water partition coefficient (Wildman–Crippen LogP) is 4.13. The molecule has 0 aliphatic carbocycles. The largest absolute Gasteiger partial charge is 0.494 e. The Bertz CT molecular complexity index is 719. The Morgan fingerprint density at radius 1 is 1.19 bits per heavy atom. The van der Waals surface area contributed by atoms with Crippen LogP contribution in [0, 0.1) is 0 Å². The number of benzene rings is 1. The lowest BCUT2D eigenvalue weighted by molar-refractivity contribution is 0.0528. The number of H-pyrrole nitrogens is 1. The number of carbonyl (C=O) groups is 1. The number of aromatic nitrogens is 1. The number of nitrogens with one attached hydrogen (secondary N) is 2. The van der Waals surface area contributed by atoms with Gasteiger partial charge in [-0.3, -0.25) is 0 Å². The van der Waals surface area contributed by atoms with E-state index in [1.165, 1.54) is 0 Å². The Balaban J connectivity index is 1.84. The number of carbonyl (C=O) groups excluding carboxylic acids is 1. The molecule has 6 nitrogen and oxygen atoms in total. The van der Waals surface area contributed by atoms with Gasteiger partial charge in [-0.15, -0.1) is 0 Å². The van der Waals surface area contributed by atoms with Crippen LogP contribution in [-0.2, 0) is 11.2 Å². The second-order valence-corrected chi connectivity index (χ2v) is 7.75. The van der Waals surface area contributed by atoms with Gasteiger partial charge in [-0.1, -0.05) is 12.8 Å². The average molecular weight is 376 g/mol. The Labute approximate surface area is 161 Å². The molecule has 0 atom stereocenters. The van der Waals surface area contributed by atoms with E-state index >= 15 is 0 Å². The van der Waals surface area contributed by atoms with Gasteiger partial charge >= 0.3 is 6.09 Å². The number of ether oxygens (including phenoxy) is 2. The maximum Gasteiger partial charge on any atom is 0.407 e. The number of rotatable bonds is 10. The standard InChI is InChI=1S/C21H33N3O3/c1-21(2,3)27-20(25)23-12-10-16-15-24-19-9-8-17(14-18(16)19)26-13-7-5-4-6-11-22/h8-9,14-15,24H,4-7,10-13,22H2,1-3H3,(H,23,25). The highest BCUT2D eigenvalue weighted by Crippen LogP contribution is 2.24. The summed E-state index contributed by atoms with van der Waals surface area (Å²) in [6, 6.07) is 6.08. The lowest BCUT2D eigenvalue weighted by atomic mass is 10.1. The summed E-state index contributed by atoms with van der Waals surface area (Å²) in [6.07, 6.45) is 6.74. The molecule has 2 aromatic rings. The van der Waals surface area contributed by atoms with Crippen LogP contribution in [0.1, 0.15) is 52.0 Å². The van der Waals surface area contributed by atoms with Crippen molar-refractivity contribution in [3.8, 4) is 5.75 Å². The highest BCUT2D eigenvalue weighted by atomic mass is 16.6. The van der Waals surface area contributed by atoms with Crippen LogP contribution in [0.5, 0.6) is 5.75 Å². The molecule has 0 aliphatic rings. The smallest absolute Gasteiger partial charge is 0.407 e. The molecule has 0 spiro atoms. The summed E-state index contributed by atoms with van der Waals surface area (Å²) in [4.78, 5) is 15.0. The van der Waals surface area contributed by atoms with Gasteiger partial charge in [0.2, 0.25) is 0 Å². The summed E-state index contributed by atoms with van der Waals surface area (Å²) in [6.45, 7) is 7.56. The van der Waals surface area contributed by atoms with Gasteiger partial charge in [0.15, 0.2) is 0 Å². The van der Waals surface area contributed by atoms with Crippen molar-refractivity contribution in [1.29, 1.82) is 0 Å². The summed E-state index contributed by atoms with van der Waals surface area (Å²) in [5, 5.41) is 3.93. The first kappa shape index (κ1) is 21.1. The van der Waals surface area contributed by atoms with Crippen molar-refractivity contribution >= 4 is 17.0 Å². The van der Waals surface area contributed by atoms with Crippen molar-refractivity contribution in [2.45, 2.75) is 58.5 Å². The summed E-state index contributed by atoms with van der Waals surface area (Å²) < 4.78 is 11.1. The van der Waals surface area contributed by atoms with Crippen LogP contribution in [0.3, 0.4) is 0 Å². The Kier molecular flexibility index (Phi) is 7.98. The summed E-state index contributed by atoms with van der Waals surface area (Å²) in [5.74, 6) is 0.877. The monoisotopic (exact) mass is 375 g/mol.